The minimum atomic E-state index is -0.469. The van der Waals surface area contributed by atoms with Crippen molar-refractivity contribution < 1.29 is 9.18 Å². The van der Waals surface area contributed by atoms with Crippen LogP contribution in [0.5, 0.6) is 0 Å². The minimum Gasteiger partial charge on any atom is -0.369 e. The van der Waals surface area contributed by atoms with E-state index in [1.165, 1.54) is 6.07 Å². The Bertz CT molecular complexity index is 492. The molecule has 0 saturated carbocycles. The van der Waals surface area contributed by atoms with E-state index >= 15 is 0 Å². The van der Waals surface area contributed by atoms with Crippen molar-refractivity contribution in [3.8, 4) is 0 Å². The van der Waals surface area contributed by atoms with Crippen LogP contribution in [0.2, 0.25) is 0 Å². The van der Waals surface area contributed by atoms with Crippen molar-refractivity contribution in [2.45, 2.75) is 39.5 Å². The number of anilines is 1. The lowest BCUT2D eigenvalue weighted by atomic mass is 10.0. The number of carbonyl (C=O) groups excluding carboxylic acids is 1. The van der Waals surface area contributed by atoms with Gasteiger partial charge in [-0.2, -0.15) is 0 Å². The quantitative estimate of drug-likeness (QED) is 0.926. The molecule has 1 atom stereocenters. The maximum Gasteiger partial charge on any atom is 0.257 e. The zero-order chi connectivity index (χ0) is 15.2. The molecule has 1 aromatic heterocycles. The smallest absolute Gasteiger partial charge is 0.257 e. The van der Waals surface area contributed by atoms with Crippen LogP contribution in [0.4, 0.5) is 10.2 Å². The van der Waals surface area contributed by atoms with Gasteiger partial charge in [0, 0.05) is 19.6 Å². The van der Waals surface area contributed by atoms with E-state index in [-0.39, 0.29) is 5.91 Å². The second-order valence-electron chi connectivity index (χ2n) is 5.80. The van der Waals surface area contributed by atoms with Crippen LogP contribution in [0.1, 0.15) is 49.9 Å². The van der Waals surface area contributed by atoms with Crippen LogP contribution in [0.3, 0.4) is 0 Å². The van der Waals surface area contributed by atoms with Gasteiger partial charge in [-0.1, -0.05) is 13.8 Å². The SMILES string of the molecule is CCCNc1ncc(F)cc1C(=O)N1CCCC(C)CC1. The summed E-state index contributed by atoms with van der Waals surface area (Å²) in [5.41, 5.74) is 0.345. The fourth-order valence-electron chi connectivity index (χ4n) is 2.62. The molecule has 0 bridgehead atoms. The van der Waals surface area contributed by atoms with Gasteiger partial charge in [0.1, 0.15) is 11.6 Å². The van der Waals surface area contributed by atoms with Crippen molar-refractivity contribution in [1.29, 1.82) is 0 Å². The third-order valence-corrected chi connectivity index (χ3v) is 3.93. The van der Waals surface area contributed by atoms with E-state index in [9.17, 15) is 9.18 Å². The number of hydrogen-bond acceptors (Lipinski definition) is 3. The summed E-state index contributed by atoms with van der Waals surface area (Å²) < 4.78 is 13.5. The van der Waals surface area contributed by atoms with Gasteiger partial charge in [0.05, 0.1) is 11.8 Å². The van der Waals surface area contributed by atoms with Crippen LogP contribution in [0.15, 0.2) is 12.3 Å². The summed E-state index contributed by atoms with van der Waals surface area (Å²) in [4.78, 5) is 18.5. The highest BCUT2D eigenvalue weighted by atomic mass is 19.1. The standard InChI is InChI=1S/C16H24FN3O/c1-3-7-18-15-14(10-13(17)11-19-15)16(21)20-8-4-5-12(2)6-9-20/h10-12H,3-9H2,1-2H3,(H,18,19). The van der Waals surface area contributed by atoms with Gasteiger partial charge in [-0.3, -0.25) is 4.79 Å². The van der Waals surface area contributed by atoms with Crippen molar-refractivity contribution in [3.63, 3.8) is 0 Å². The molecule has 1 aliphatic rings. The number of halogens is 1. The first-order chi connectivity index (χ1) is 10.1. The molecule has 116 valence electrons. The molecule has 4 nitrogen and oxygen atoms in total. The summed E-state index contributed by atoms with van der Waals surface area (Å²) in [6.45, 7) is 6.45. The lowest BCUT2D eigenvalue weighted by Crippen LogP contribution is -2.32. The second kappa shape index (κ2) is 7.38. The predicted molar refractivity (Wildman–Crippen MR) is 81.9 cm³/mol. The molecule has 0 spiro atoms. The normalized spacial score (nSPS) is 19.2. The first-order valence-corrected chi connectivity index (χ1v) is 7.80. The first kappa shape index (κ1) is 15.7. The van der Waals surface area contributed by atoms with Crippen molar-refractivity contribution in [1.82, 2.24) is 9.88 Å². The van der Waals surface area contributed by atoms with E-state index in [1.807, 2.05) is 11.8 Å². The molecule has 2 rings (SSSR count). The van der Waals surface area contributed by atoms with Crippen LogP contribution in [0, 0.1) is 11.7 Å². The topological polar surface area (TPSA) is 45.2 Å². The molecular formula is C16H24FN3O. The van der Waals surface area contributed by atoms with E-state index in [4.69, 9.17) is 0 Å². The third-order valence-electron chi connectivity index (χ3n) is 3.93. The van der Waals surface area contributed by atoms with E-state index in [1.54, 1.807) is 0 Å². The fraction of sp³-hybridized carbons (Fsp3) is 0.625. The summed E-state index contributed by atoms with van der Waals surface area (Å²) in [6, 6.07) is 1.29. The maximum atomic E-state index is 13.5. The maximum absolute atomic E-state index is 13.5. The zero-order valence-electron chi connectivity index (χ0n) is 12.9. The Morgan fingerprint density at radius 3 is 3.05 bits per heavy atom. The number of rotatable bonds is 4. The molecular weight excluding hydrogens is 269 g/mol. The van der Waals surface area contributed by atoms with Gasteiger partial charge in [-0.05, 0) is 37.7 Å². The molecule has 0 radical (unpaired) electrons. The van der Waals surface area contributed by atoms with Crippen molar-refractivity contribution >= 4 is 11.7 Å². The molecule has 1 fully saturated rings. The van der Waals surface area contributed by atoms with Crippen molar-refractivity contribution in [2.24, 2.45) is 5.92 Å². The van der Waals surface area contributed by atoms with Gasteiger partial charge in [-0.25, -0.2) is 9.37 Å². The molecule has 2 heterocycles. The van der Waals surface area contributed by atoms with Gasteiger partial charge >= 0.3 is 0 Å². The van der Waals surface area contributed by atoms with Crippen molar-refractivity contribution in [2.75, 3.05) is 25.0 Å². The molecule has 21 heavy (non-hydrogen) atoms. The van der Waals surface area contributed by atoms with E-state index < -0.39 is 5.82 Å². The number of pyridine rings is 1. The second-order valence-corrected chi connectivity index (χ2v) is 5.80. The summed E-state index contributed by atoms with van der Waals surface area (Å²) in [5.74, 6) is 0.546. The number of hydrogen-bond donors (Lipinski definition) is 1. The number of amides is 1. The Morgan fingerprint density at radius 2 is 2.29 bits per heavy atom. The number of carbonyl (C=O) groups is 1. The monoisotopic (exact) mass is 293 g/mol. The molecule has 1 N–H and O–H groups in total. The largest absolute Gasteiger partial charge is 0.369 e. The van der Waals surface area contributed by atoms with Crippen LogP contribution >= 0.6 is 0 Å². The van der Waals surface area contributed by atoms with Gasteiger partial charge in [0.15, 0.2) is 0 Å². The third kappa shape index (κ3) is 4.16. The summed E-state index contributed by atoms with van der Waals surface area (Å²) in [5, 5.41) is 3.11. The lowest BCUT2D eigenvalue weighted by molar-refractivity contribution is 0.0760. The van der Waals surface area contributed by atoms with Gasteiger partial charge in [-0.15, -0.1) is 0 Å². The molecule has 1 aliphatic heterocycles. The Morgan fingerprint density at radius 1 is 1.48 bits per heavy atom. The average molecular weight is 293 g/mol. The minimum absolute atomic E-state index is 0.116. The van der Waals surface area contributed by atoms with Gasteiger partial charge < -0.3 is 10.2 Å². The zero-order valence-corrected chi connectivity index (χ0v) is 12.9. The molecule has 1 aromatic rings. The molecule has 1 unspecified atom stereocenters. The van der Waals surface area contributed by atoms with Crippen LogP contribution in [-0.4, -0.2) is 35.4 Å². The summed E-state index contributed by atoms with van der Waals surface area (Å²) in [6.07, 6.45) is 5.24. The predicted octanol–water partition coefficient (Wildman–Crippen LogP) is 3.30. The Hall–Kier alpha value is -1.65. The lowest BCUT2D eigenvalue weighted by Gasteiger charge is -2.22. The van der Waals surface area contributed by atoms with Gasteiger partial charge in [0.2, 0.25) is 0 Å². The first-order valence-electron chi connectivity index (χ1n) is 7.80. The highest BCUT2D eigenvalue weighted by Crippen LogP contribution is 2.21. The molecule has 1 amide bonds. The molecule has 0 aliphatic carbocycles. The van der Waals surface area contributed by atoms with Crippen LogP contribution in [0.25, 0.3) is 0 Å². The van der Waals surface area contributed by atoms with E-state index in [0.29, 0.717) is 17.3 Å². The summed E-state index contributed by atoms with van der Waals surface area (Å²) in [7, 11) is 0. The Balaban J connectivity index is 2.18. The fourth-order valence-corrected chi connectivity index (χ4v) is 2.62. The van der Waals surface area contributed by atoms with E-state index in [2.05, 4.69) is 17.2 Å². The Kier molecular flexibility index (Phi) is 5.53. The number of nitrogens with zero attached hydrogens (tertiary/aromatic N) is 2. The number of likely N-dealkylation sites (tertiary alicyclic amines) is 1. The van der Waals surface area contributed by atoms with Crippen molar-refractivity contribution in [3.05, 3.63) is 23.6 Å². The molecule has 1 saturated heterocycles. The van der Waals surface area contributed by atoms with Crippen LogP contribution in [-0.2, 0) is 0 Å². The molecule has 5 heteroatoms. The molecule has 0 aromatic carbocycles. The van der Waals surface area contributed by atoms with Crippen LogP contribution < -0.4 is 5.32 Å². The highest BCUT2D eigenvalue weighted by molar-refractivity contribution is 5.98. The van der Waals surface area contributed by atoms with E-state index in [0.717, 1.165) is 51.5 Å². The Labute approximate surface area is 125 Å². The number of nitrogens with one attached hydrogen (secondary N) is 1. The number of aromatic nitrogens is 1. The summed E-state index contributed by atoms with van der Waals surface area (Å²) >= 11 is 0. The highest BCUT2D eigenvalue weighted by Gasteiger charge is 2.23. The average Bonchev–Trinajstić information content (AvgIpc) is 2.70. The van der Waals surface area contributed by atoms with Gasteiger partial charge in [0.25, 0.3) is 5.91 Å².